The topological polar surface area (TPSA) is 76.1 Å². The van der Waals surface area contributed by atoms with E-state index in [4.69, 9.17) is 10.8 Å². The summed E-state index contributed by atoms with van der Waals surface area (Å²) in [6.07, 6.45) is 1.71. The van der Waals surface area contributed by atoms with Crippen molar-refractivity contribution in [3.63, 3.8) is 0 Å². The van der Waals surface area contributed by atoms with E-state index in [1.165, 1.54) is 0 Å². The maximum absolute atomic E-state index is 8.65. The summed E-state index contributed by atoms with van der Waals surface area (Å²) in [6, 6.07) is 0. The van der Waals surface area contributed by atoms with E-state index < -0.39 is 0 Å². The first kappa shape index (κ1) is 14.2. The van der Waals surface area contributed by atoms with E-state index in [0.717, 1.165) is 48.1 Å². The summed E-state index contributed by atoms with van der Waals surface area (Å²) in [5.41, 5.74) is 7.70. The Labute approximate surface area is 107 Å². The average molecular weight is 258 g/mol. The van der Waals surface area contributed by atoms with Crippen LogP contribution in [0.25, 0.3) is 0 Å². The highest BCUT2D eigenvalue weighted by atomic mass is 32.2. The number of nitrogens with one attached hydrogen (secondary N) is 1. The van der Waals surface area contributed by atoms with Crippen molar-refractivity contribution < 1.29 is 5.11 Å². The van der Waals surface area contributed by atoms with Crippen LogP contribution >= 0.6 is 11.8 Å². The molecule has 17 heavy (non-hydrogen) atoms. The summed E-state index contributed by atoms with van der Waals surface area (Å²) in [4.78, 5) is 0. The minimum atomic E-state index is 0.273. The van der Waals surface area contributed by atoms with Gasteiger partial charge in [0, 0.05) is 26.0 Å². The molecule has 0 radical (unpaired) electrons. The molecule has 0 aliphatic carbocycles. The number of thioether (sulfide) groups is 1. The summed E-state index contributed by atoms with van der Waals surface area (Å²) in [5, 5.41) is 16.3. The van der Waals surface area contributed by atoms with E-state index in [0.29, 0.717) is 0 Å². The predicted molar refractivity (Wildman–Crippen MR) is 74.5 cm³/mol. The minimum Gasteiger partial charge on any atom is -0.396 e. The molecule has 0 bridgehead atoms. The molecule has 1 aromatic rings. The standard InChI is InChI=1S/C11H22N4OS/c1-3-9-10(12)11(15(2)14-9)13-5-8-17-7-4-6-16/h13,16H,3-8,12H2,1-2H3. The Balaban J connectivity index is 2.34. The van der Waals surface area contributed by atoms with Crippen molar-refractivity contribution in [2.45, 2.75) is 19.8 Å². The fraction of sp³-hybridized carbons (Fsp3) is 0.727. The van der Waals surface area contributed by atoms with Gasteiger partial charge in [0.1, 0.15) is 5.82 Å². The number of aromatic nitrogens is 2. The molecular weight excluding hydrogens is 236 g/mol. The number of nitrogen functional groups attached to an aromatic ring is 1. The maximum Gasteiger partial charge on any atom is 0.147 e. The molecule has 0 amide bonds. The lowest BCUT2D eigenvalue weighted by molar-refractivity contribution is 0.296. The van der Waals surface area contributed by atoms with Gasteiger partial charge >= 0.3 is 0 Å². The molecule has 1 aromatic heterocycles. The Kier molecular flexibility index (Phi) is 6.21. The fourth-order valence-corrected chi connectivity index (χ4v) is 2.36. The molecule has 1 heterocycles. The lowest BCUT2D eigenvalue weighted by Crippen LogP contribution is -2.10. The second-order valence-corrected chi connectivity index (χ2v) is 5.03. The Morgan fingerprint density at radius 2 is 2.24 bits per heavy atom. The van der Waals surface area contributed by atoms with Gasteiger partial charge in [0.05, 0.1) is 11.4 Å². The van der Waals surface area contributed by atoms with Crippen molar-refractivity contribution in [1.82, 2.24) is 9.78 Å². The minimum absolute atomic E-state index is 0.273. The third kappa shape index (κ3) is 4.12. The normalized spacial score (nSPS) is 10.8. The van der Waals surface area contributed by atoms with Crippen LogP contribution < -0.4 is 11.1 Å². The molecule has 0 unspecified atom stereocenters. The van der Waals surface area contributed by atoms with Crippen LogP contribution in [0, 0.1) is 0 Å². The third-order valence-corrected chi connectivity index (χ3v) is 3.55. The predicted octanol–water partition coefficient (Wildman–Crippen LogP) is 1.09. The zero-order valence-corrected chi connectivity index (χ0v) is 11.4. The molecule has 0 aliphatic heterocycles. The van der Waals surface area contributed by atoms with Crippen molar-refractivity contribution in [2.24, 2.45) is 7.05 Å². The molecule has 0 fully saturated rings. The second-order valence-electron chi connectivity index (χ2n) is 3.80. The number of hydrogen-bond donors (Lipinski definition) is 3. The summed E-state index contributed by atoms with van der Waals surface area (Å²) in [7, 11) is 1.90. The number of nitrogens with two attached hydrogens (primary N) is 1. The molecule has 0 atom stereocenters. The molecule has 5 nitrogen and oxygen atoms in total. The molecule has 0 spiro atoms. The van der Waals surface area contributed by atoms with Crippen molar-refractivity contribution in [3.8, 4) is 0 Å². The zero-order chi connectivity index (χ0) is 12.7. The molecule has 1 rings (SSSR count). The summed E-state index contributed by atoms with van der Waals surface area (Å²) < 4.78 is 1.80. The van der Waals surface area contributed by atoms with Crippen LogP contribution in [0.5, 0.6) is 0 Å². The van der Waals surface area contributed by atoms with Gasteiger partial charge in [-0.15, -0.1) is 0 Å². The summed E-state index contributed by atoms with van der Waals surface area (Å²) >= 11 is 1.83. The van der Waals surface area contributed by atoms with Gasteiger partial charge in [0.2, 0.25) is 0 Å². The van der Waals surface area contributed by atoms with Crippen molar-refractivity contribution >= 4 is 23.3 Å². The van der Waals surface area contributed by atoms with E-state index in [1.807, 2.05) is 25.7 Å². The number of anilines is 2. The molecule has 0 saturated carbocycles. The Bertz CT molecular complexity index is 340. The van der Waals surface area contributed by atoms with Crippen molar-refractivity contribution in [2.75, 3.05) is 35.7 Å². The first-order valence-electron chi connectivity index (χ1n) is 5.94. The van der Waals surface area contributed by atoms with Crippen LogP contribution in [0.4, 0.5) is 11.5 Å². The van der Waals surface area contributed by atoms with Gasteiger partial charge in [0.15, 0.2) is 0 Å². The molecule has 6 heteroatoms. The van der Waals surface area contributed by atoms with E-state index in [1.54, 1.807) is 4.68 Å². The zero-order valence-electron chi connectivity index (χ0n) is 10.6. The number of aliphatic hydroxyl groups is 1. The largest absolute Gasteiger partial charge is 0.396 e. The molecular formula is C11H22N4OS. The van der Waals surface area contributed by atoms with Gasteiger partial charge in [0.25, 0.3) is 0 Å². The van der Waals surface area contributed by atoms with Crippen LogP contribution in [-0.2, 0) is 13.5 Å². The van der Waals surface area contributed by atoms with E-state index in [9.17, 15) is 0 Å². The van der Waals surface area contributed by atoms with Crippen LogP contribution in [0.15, 0.2) is 0 Å². The third-order valence-electron chi connectivity index (χ3n) is 2.48. The Morgan fingerprint density at radius 1 is 1.47 bits per heavy atom. The lowest BCUT2D eigenvalue weighted by Gasteiger charge is -2.07. The first-order valence-corrected chi connectivity index (χ1v) is 7.10. The van der Waals surface area contributed by atoms with Gasteiger partial charge in [-0.25, -0.2) is 0 Å². The van der Waals surface area contributed by atoms with Gasteiger partial charge in [-0.2, -0.15) is 16.9 Å². The number of rotatable bonds is 8. The van der Waals surface area contributed by atoms with Crippen molar-refractivity contribution in [1.29, 1.82) is 0 Å². The average Bonchev–Trinajstić information content (AvgIpc) is 2.60. The molecule has 0 saturated heterocycles. The molecule has 4 N–H and O–H groups in total. The SMILES string of the molecule is CCc1nn(C)c(NCCSCCCO)c1N. The van der Waals surface area contributed by atoms with Crippen LogP contribution in [0.3, 0.4) is 0 Å². The number of aryl methyl sites for hydroxylation is 2. The van der Waals surface area contributed by atoms with Crippen LogP contribution in [-0.4, -0.2) is 39.5 Å². The number of nitrogens with zero attached hydrogens (tertiary/aromatic N) is 2. The Hall–Kier alpha value is -0.880. The quantitative estimate of drug-likeness (QED) is 0.609. The summed E-state index contributed by atoms with van der Waals surface area (Å²) in [6.45, 7) is 3.19. The van der Waals surface area contributed by atoms with Gasteiger partial charge in [-0.1, -0.05) is 6.92 Å². The number of aliphatic hydroxyl groups excluding tert-OH is 1. The van der Waals surface area contributed by atoms with Gasteiger partial charge < -0.3 is 16.2 Å². The van der Waals surface area contributed by atoms with E-state index in [2.05, 4.69) is 10.4 Å². The smallest absolute Gasteiger partial charge is 0.147 e. The highest BCUT2D eigenvalue weighted by Crippen LogP contribution is 2.22. The Morgan fingerprint density at radius 3 is 2.82 bits per heavy atom. The van der Waals surface area contributed by atoms with Crippen LogP contribution in [0.1, 0.15) is 19.0 Å². The van der Waals surface area contributed by atoms with Gasteiger partial charge in [-0.3, -0.25) is 4.68 Å². The first-order chi connectivity index (χ1) is 8.20. The highest BCUT2D eigenvalue weighted by molar-refractivity contribution is 7.99. The molecule has 0 aliphatic rings. The molecule has 0 aromatic carbocycles. The second kappa shape index (κ2) is 7.45. The summed E-state index contributed by atoms with van der Waals surface area (Å²) in [5.74, 6) is 2.91. The monoisotopic (exact) mass is 258 g/mol. The van der Waals surface area contributed by atoms with E-state index in [-0.39, 0.29) is 6.61 Å². The van der Waals surface area contributed by atoms with Crippen molar-refractivity contribution in [3.05, 3.63) is 5.69 Å². The van der Waals surface area contributed by atoms with Gasteiger partial charge in [-0.05, 0) is 18.6 Å². The lowest BCUT2D eigenvalue weighted by atomic mass is 10.3. The van der Waals surface area contributed by atoms with Crippen LogP contribution in [0.2, 0.25) is 0 Å². The molecule has 98 valence electrons. The fourth-order valence-electron chi connectivity index (χ4n) is 1.58. The van der Waals surface area contributed by atoms with E-state index >= 15 is 0 Å². The maximum atomic E-state index is 8.65. The highest BCUT2D eigenvalue weighted by Gasteiger charge is 2.10. The number of hydrogen-bond acceptors (Lipinski definition) is 5.